The molecule has 0 amide bonds. The number of carbonyl (C=O) groups excluding carboxylic acids is 1. The molecular formula is C11H14OS. The summed E-state index contributed by atoms with van der Waals surface area (Å²) < 4.78 is -0.388. The topological polar surface area (TPSA) is 17.1 Å². The Morgan fingerprint density at radius 2 is 1.85 bits per heavy atom. The van der Waals surface area contributed by atoms with E-state index in [-0.39, 0.29) is 10.5 Å². The Balaban J connectivity index is 3.11. The fraction of sp³-hybridized carbons (Fsp3) is 0.364. The predicted molar refractivity (Wildman–Crippen MR) is 58.0 cm³/mol. The van der Waals surface area contributed by atoms with E-state index in [2.05, 4.69) is 0 Å². The first-order valence-electron chi connectivity index (χ1n) is 4.23. The molecule has 0 aliphatic rings. The van der Waals surface area contributed by atoms with Gasteiger partial charge in [-0.2, -0.15) is 0 Å². The number of rotatable bonds is 3. The average molecular weight is 194 g/mol. The lowest BCUT2D eigenvalue weighted by Crippen LogP contribution is -2.25. The molecule has 0 aliphatic heterocycles. The summed E-state index contributed by atoms with van der Waals surface area (Å²) in [5.41, 5.74) is 1.08. The molecule has 0 radical (unpaired) electrons. The Morgan fingerprint density at radius 1 is 1.31 bits per heavy atom. The maximum atomic E-state index is 11.5. The number of carbonyl (C=O) groups is 1. The smallest absolute Gasteiger partial charge is 0.149 e. The van der Waals surface area contributed by atoms with Gasteiger partial charge in [0.1, 0.15) is 5.78 Å². The molecular weight excluding hydrogens is 180 g/mol. The van der Waals surface area contributed by atoms with E-state index < -0.39 is 0 Å². The van der Waals surface area contributed by atoms with Gasteiger partial charge in [-0.3, -0.25) is 4.79 Å². The highest BCUT2D eigenvalue weighted by atomic mass is 32.2. The quantitative estimate of drug-likeness (QED) is 0.736. The van der Waals surface area contributed by atoms with Gasteiger partial charge in [0, 0.05) is 0 Å². The minimum atomic E-state index is -0.388. The molecule has 13 heavy (non-hydrogen) atoms. The van der Waals surface area contributed by atoms with Crippen LogP contribution in [0, 0.1) is 0 Å². The second-order valence-electron chi connectivity index (χ2n) is 3.16. The van der Waals surface area contributed by atoms with E-state index in [0.29, 0.717) is 0 Å². The zero-order valence-corrected chi connectivity index (χ0v) is 9.02. The zero-order valence-electron chi connectivity index (χ0n) is 8.20. The molecule has 0 aromatic heterocycles. The fourth-order valence-corrected chi connectivity index (χ4v) is 1.88. The Labute approximate surface area is 83.5 Å². The number of thioether (sulfide) groups is 1. The van der Waals surface area contributed by atoms with E-state index in [4.69, 9.17) is 0 Å². The maximum Gasteiger partial charge on any atom is 0.149 e. The van der Waals surface area contributed by atoms with Crippen molar-refractivity contribution in [1.29, 1.82) is 0 Å². The van der Waals surface area contributed by atoms with Crippen LogP contribution in [0.4, 0.5) is 0 Å². The van der Waals surface area contributed by atoms with Crippen molar-refractivity contribution >= 4 is 17.5 Å². The Kier molecular flexibility index (Phi) is 3.15. The molecule has 1 aromatic carbocycles. The molecule has 1 atom stereocenters. The summed E-state index contributed by atoms with van der Waals surface area (Å²) in [5, 5.41) is 0. The first-order valence-corrected chi connectivity index (χ1v) is 5.45. The molecule has 0 bridgehead atoms. The standard InChI is InChI=1S/C11H14OS/c1-9(12)11(2,13-3)10-7-5-4-6-8-10/h4-8H,1-3H3/t11-/m1/s1. The van der Waals surface area contributed by atoms with Crippen LogP contribution in [0.1, 0.15) is 19.4 Å². The van der Waals surface area contributed by atoms with Crippen LogP contribution < -0.4 is 0 Å². The molecule has 0 N–H and O–H groups in total. The van der Waals surface area contributed by atoms with Crippen molar-refractivity contribution in [2.45, 2.75) is 18.6 Å². The number of benzene rings is 1. The number of hydrogen-bond acceptors (Lipinski definition) is 2. The minimum absolute atomic E-state index is 0.200. The van der Waals surface area contributed by atoms with Crippen LogP contribution in [0.3, 0.4) is 0 Å². The molecule has 0 fully saturated rings. The Morgan fingerprint density at radius 3 is 2.23 bits per heavy atom. The van der Waals surface area contributed by atoms with Crippen LogP contribution >= 0.6 is 11.8 Å². The zero-order chi connectivity index (χ0) is 9.90. The molecule has 0 saturated carbocycles. The van der Waals surface area contributed by atoms with Crippen molar-refractivity contribution in [3.05, 3.63) is 35.9 Å². The van der Waals surface area contributed by atoms with E-state index in [1.54, 1.807) is 18.7 Å². The molecule has 0 heterocycles. The van der Waals surface area contributed by atoms with Gasteiger partial charge >= 0.3 is 0 Å². The van der Waals surface area contributed by atoms with Gasteiger partial charge in [-0.1, -0.05) is 30.3 Å². The summed E-state index contributed by atoms with van der Waals surface area (Å²) in [7, 11) is 0. The van der Waals surface area contributed by atoms with E-state index >= 15 is 0 Å². The lowest BCUT2D eigenvalue weighted by atomic mass is 9.97. The molecule has 0 aliphatic carbocycles. The molecule has 0 saturated heterocycles. The second kappa shape index (κ2) is 3.97. The normalized spacial score (nSPS) is 15.0. The van der Waals surface area contributed by atoms with Gasteiger partial charge in [-0.25, -0.2) is 0 Å². The third kappa shape index (κ3) is 1.94. The largest absolute Gasteiger partial charge is 0.298 e. The van der Waals surface area contributed by atoms with Gasteiger partial charge in [0.05, 0.1) is 4.75 Å². The van der Waals surface area contributed by atoms with Crippen LogP contribution in [0.15, 0.2) is 30.3 Å². The molecule has 0 unspecified atom stereocenters. The lowest BCUT2D eigenvalue weighted by Gasteiger charge is -2.24. The van der Waals surface area contributed by atoms with E-state index in [1.165, 1.54) is 0 Å². The Bertz CT molecular complexity index is 294. The first-order chi connectivity index (χ1) is 6.11. The second-order valence-corrected chi connectivity index (χ2v) is 4.38. The van der Waals surface area contributed by atoms with Crippen LogP contribution in [0.25, 0.3) is 0 Å². The van der Waals surface area contributed by atoms with Crippen molar-refractivity contribution in [2.75, 3.05) is 6.26 Å². The van der Waals surface area contributed by atoms with E-state index in [9.17, 15) is 4.79 Å². The SMILES string of the molecule is CS[C@](C)(C(C)=O)c1ccccc1. The lowest BCUT2D eigenvalue weighted by molar-refractivity contribution is -0.119. The highest BCUT2D eigenvalue weighted by Gasteiger charge is 2.30. The van der Waals surface area contributed by atoms with E-state index in [0.717, 1.165) is 5.56 Å². The summed E-state index contributed by atoms with van der Waals surface area (Å²) >= 11 is 1.58. The van der Waals surface area contributed by atoms with Gasteiger partial charge < -0.3 is 0 Å². The Hall–Kier alpha value is -0.760. The van der Waals surface area contributed by atoms with Gasteiger partial charge in [0.15, 0.2) is 0 Å². The monoisotopic (exact) mass is 194 g/mol. The third-order valence-corrected chi connectivity index (χ3v) is 3.74. The van der Waals surface area contributed by atoms with Crippen LogP contribution in [-0.2, 0) is 9.54 Å². The minimum Gasteiger partial charge on any atom is -0.298 e. The molecule has 1 aromatic rings. The summed E-state index contributed by atoms with van der Waals surface area (Å²) in [5.74, 6) is 0.200. The molecule has 1 nitrogen and oxygen atoms in total. The first kappa shape index (κ1) is 10.3. The predicted octanol–water partition coefficient (Wildman–Crippen LogP) is 2.85. The van der Waals surface area contributed by atoms with Crippen molar-refractivity contribution < 1.29 is 4.79 Å². The van der Waals surface area contributed by atoms with Crippen LogP contribution in [-0.4, -0.2) is 12.0 Å². The van der Waals surface area contributed by atoms with Gasteiger partial charge in [-0.05, 0) is 25.7 Å². The molecule has 0 spiro atoms. The van der Waals surface area contributed by atoms with Crippen LogP contribution in [0.2, 0.25) is 0 Å². The molecule has 2 heteroatoms. The molecule has 1 rings (SSSR count). The maximum absolute atomic E-state index is 11.5. The highest BCUT2D eigenvalue weighted by molar-refractivity contribution is 8.00. The third-order valence-electron chi connectivity index (χ3n) is 2.40. The highest BCUT2D eigenvalue weighted by Crippen LogP contribution is 2.34. The van der Waals surface area contributed by atoms with Crippen molar-refractivity contribution in [1.82, 2.24) is 0 Å². The van der Waals surface area contributed by atoms with Crippen molar-refractivity contribution in [2.24, 2.45) is 0 Å². The summed E-state index contributed by atoms with van der Waals surface area (Å²) in [4.78, 5) is 11.5. The number of hydrogen-bond donors (Lipinski definition) is 0. The van der Waals surface area contributed by atoms with E-state index in [1.807, 2.05) is 43.5 Å². The number of Topliss-reactive ketones (excluding diaryl/α,β-unsaturated/α-hetero) is 1. The fourth-order valence-electron chi connectivity index (χ4n) is 1.22. The van der Waals surface area contributed by atoms with Gasteiger partial charge in [-0.15, -0.1) is 11.8 Å². The number of ketones is 1. The summed E-state index contributed by atoms with van der Waals surface area (Å²) in [6.45, 7) is 3.61. The van der Waals surface area contributed by atoms with Crippen molar-refractivity contribution in [3.8, 4) is 0 Å². The van der Waals surface area contributed by atoms with Crippen molar-refractivity contribution in [3.63, 3.8) is 0 Å². The summed E-state index contributed by atoms with van der Waals surface area (Å²) in [6.07, 6.45) is 1.97. The van der Waals surface area contributed by atoms with Gasteiger partial charge in [0.25, 0.3) is 0 Å². The van der Waals surface area contributed by atoms with Crippen LogP contribution in [0.5, 0.6) is 0 Å². The van der Waals surface area contributed by atoms with Gasteiger partial charge in [0.2, 0.25) is 0 Å². The summed E-state index contributed by atoms with van der Waals surface area (Å²) in [6, 6.07) is 9.89. The average Bonchev–Trinajstić information content (AvgIpc) is 2.17. The molecule has 70 valence electrons.